The van der Waals surface area contributed by atoms with E-state index < -0.39 is 0 Å². The summed E-state index contributed by atoms with van der Waals surface area (Å²) in [4.78, 5) is 27.0. The molecule has 6 nitrogen and oxygen atoms in total. The van der Waals surface area contributed by atoms with Crippen LogP contribution in [-0.4, -0.2) is 41.5 Å². The van der Waals surface area contributed by atoms with Crippen molar-refractivity contribution < 1.29 is 14.7 Å². The van der Waals surface area contributed by atoms with Gasteiger partial charge in [-0.2, -0.15) is 0 Å². The van der Waals surface area contributed by atoms with Crippen molar-refractivity contribution in [1.29, 1.82) is 0 Å². The molecule has 1 fully saturated rings. The van der Waals surface area contributed by atoms with Crippen LogP contribution in [0.15, 0.2) is 48.5 Å². The number of likely N-dealkylation sites (tertiary alicyclic amines) is 1. The molecule has 1 saturated heterocycles. The average molecular weight is 410 g/mol. The predicted molar refractivity (Wildman–Crippen MR) is 118 cm³/mol. The van der Waals surface area contributed by atoms with E-state index in [2.05, 4.69) is 46.7 Å². The highest BCUT2D eigenvalue weighted by molar-refractivity contribution is 5.93. The standard InChI is InChI=1S/C24H31N3O3/c1-3-18-8-10-19(11-9-18)17(2)25-23(29)16-27-14-12-20(13-15-27)24(30)26-21-6-4-5-7-22(21)28/h4-11,17,20,28H,3,12-16H2,1-2H3,(H,25,29)(H,26,30)/t17-/m0/s1. The van der Waals surface area contributed by atoms with E-state index in [0.29, 0.717) is 38.2 Å². The van der Waals surface area contributed by atoms with Gasteiger partial charge in [-0.3, -0.25) is 14.5 Å². The summed E-state index contributed by atoms with van der Waals surface area (Å²) in [5.74, 6) is -0.123. The van der Waals surface area contributed by atoms with Gasteiger partial charge in [0, 0.05) is 5.92 Å². The zero-order chi connectivity index (χ0) is 21.5. The molecule has 30 heavy (non-hydrogen) atoms. The smallest absolute Gasteiger partial charge is 0.234 e. The minimum absolute atomic E-state index is 0.000762. The van der Waals surface area contributed by atoms with Crippen molar-refractivity contribution in [3.05, 3.63) is 59.7 Å². The van der Waals surface area contributed by atoms with Gasteiger partial charge in [0.25, 0.3) is 0 Å². The van der Waals surface area contributed by atoms with Crippen molar-refractivity contribution in [1.82, 2.24) is 10.2 Å². The highest BCUT2D eigenvalue weighted by Crippen LogP contribution is 2.24. The Morgan fingerprint density at radius 1 is 1.10 bits per heavy atom. The number of anilines is 1. The van der Waals surface area contributed by atoms with Crippen molar-refractivity contribution in [3.8, 4) is 5.75 Å². The highest BCUT2D eigenvalue weighted by Gasteiger charge is 2.26. The Kier molecular flexibility index (Phi) is 7.46. The van der Waals surface area contributed by atoms with Gasteiger partial charge in [0.2, 0.25) is 11.8 Å². The molecule has 1 atom stereocenters. The van der Waals surface area contributed by atoms with Crippen LogP contribution in [0, 0.1) is 5.92 Å². The van der Waals surface area contributed by atoms with E-state index in [9.17, 15) is 14.7 Å². The average Bonchev–Trinajstić information content (AvgIpc) is 2.75. The number of carbonyl (C=O) groups is 2. The summed E-state index contributed by atoms with van der Waals surface area (Å²) >= 11 is 0. The van der Waals surface area contributed by atoms with E-state index in [1.807, 2.05) is 6.92 Å². The number of rotatable bonds is 7. The molecule has 2 amide bonds. The molecule has 1 aliphatic heterocycles. The molecule has 160 valence electrons. The third-order valence-corrected chi connectivity index (χ3v) is 5.75. The Labute approximate surface area is 178 Å². The maximum absolute atomic E-state index is 12.5. The van der Waals surface area contributed by atoms with Crippen LogP contribution in [-0.2, 0) is 16.0 Å². The zero-order valence-corrected chi connectivity index (χ0v) is 17.7. The molecular weight excluding hydrogens is 378 g/mol. The fourth-order valence-corrected chi connectivity index (χ4v) is 3.78. The van der Waals surface area contributed by atoms with Crippen LogP contribution in [0.25, 0.3) is 0 Å². The number of aromatic hydroxyl groups is 1. The lowest BCUT2D eigenvalue weighted by molar-refractivity contribution is -0.124. The number of hydrogen-bond acceptors (Lipinski definition) is 4. The van der Waals surface area contributed by atoms with Crippen molar-refractivity contribution in [2.24, 2.45) is 5.92 Å². The van der Waals surface area contributed by atoms with Crippen LogP contribution in [0.1, 0.15) is 43.9 Å². The monoisotopic (exact) mass is 409 g/mol. The first kappa shape index (κ1) is 21.8. The van der Waals surface area contributed by atoms with E-state index in [0.717, 1.165) is 12.0 Å². The second-order valence-corrected chi connectivity index (χ2v) is 7.94. The number of nitrogens with zero attached hydrogens (tertiary/aromatic N) is 1. The normalized spacial score (nSPS) is 16.1. The quantitative estimate of drug-likeness (QED) is 0.612. The van der Waals surface area contributed by atoms with Crippen LogP contribution in [0.5, 0.6) is 5.75 Å². The van der Waals surface area contributed by atoms with E-state index in [1.165, 1.54) is 5.56 Å². The predicted octanol–water partition coefficient (Wildman–Crippen LogP) is 3.48. The van der Waals surface area contributed by atoms with Gasteiger partial charge in [0.15, 0.2) is 0 Å². The summed E-state index contributed by atoms with van der Waals surface area (Å²) in [5.41, 5.74) is 2.82. The van der Waals surface area contributed by atoms with Crippen LogP contribution in [0.2, 0.25) is 0 Å². The molecule has 1 aliphatic rings. The lowest BCUT2D eigenvalue weighted by Gasteiger charge is -2.31. The van der Waals surface area contributed by atoms with Crippen molar-refractivity contribution in [2.45, 2.75) is 39.2 Å². The molecule has 0 aliphatic carbocycles. The largest absolute Gasteiger partial charge is 0.506 e. The SMILES string of the molecule is CCc1ccc([C@H](C)NC(=O)CN2CCC(C(=O)Nc3ccccc3O)CC2)cc1. The molecule has 0 bridgehead atoms. The van der Waals surface area contributed by atoms with E-state index in [1.54, 1.807) is 24.3 Å². The fourth-order valence-electron chi connectivity index (χ4n) is 3.78. The maximum atomic E-state index is 12.5. The van der Waals surface area contributed by atoms with Crippen LogP contribution in [0.4, 0.5) is 5.69 Å². The second-order valence-electron chi connectivity index (χ2n) is 7.94. The summed E-state index contributed by atoms with van der Waals surface area (Å²) in [6.07, 6.45) is 2.39. The first-order valence-corrected chi connectivity index (χ1v) is 10.7. The number of benzene rings is 2. The fraction of sp³-hybridized carbons (Fsp3) is 0.417. The van der Waals surface area contributed by atoms with Gasteiger partial charge in [-0.1, -0.05) is 43.3 Å². The number of para-hydroxylation sites is 2. The number of piperidine rings is 1. The number of hydrogen-bond donors (Lipinski definition) is 3. The number of aryl methyl sites for hydroxylation is 1. The first-order chi connectivity index (χ1) is 14.5. The van der Waals surface area contributed by atoms with Crippen molar-refractivity contribution >= 4 is 17.5 Å². The third kappa shape index (κ3) is 5.83. The van der Waals surface area contributed by atoms with Gasteiger partial charge in [-0.05, 0) is 62.5 Å². The highest BCUT2D eigenvalue weighted by atomic mass is 16.3. The van der Waals surface area contributed by atoms with Gasteiger partial charge < -0.3 is 15.7 Å². The number of carbonyl (C=O) groups excluding carboxylic acids is 2. The second kappa shape index (κ2) is 10.3. The van der Waals surface area contributed by atoms with E-state index >= 15 is 0 Å². The molecule has 3 N–H and O–H groups in total. The third-order valence-electron chi connectivity index (χ3n) is 5.75. The minimum Gasteiger partial charge on any atom is -0.506 e. The molecular formula is C24H31N3O3. The molecule has 1 heterocycles. The van der Waals surface area contributed by atoms with Crippen LogP contribution < -0.4 is 10.6 Å². The van der Waals surface area contributed by atoms with Gasteiger partial charge >= 0.3 is 0 Å². The molecule has 0 radical (unpaired) electrons. The number of nitrogens with one attached hydrogen (secondary N) is 2. The summed E-state index contributed by atoms with van der Waals surface area (Å²) < 4.78 is 0. The van der Waals surface area contributed by atoms with Crippen molar-refractivity contribution in [3.63, 3.8) is 0 Å². The lowest BCUT2D eigenvalue weighted by Crippen LogP contribution is -2.43. The maximum Gasteiger partial charge on any atom is 0.234 e. The number of phenols is 1. The molecule has 2 aromatic rings. The topological polar surface area (TPSA) is 81.7 Å². The Morgan fingerprint density at radius 2 is 1.77 bits per heavy atom. The van der Waals surface area contributed by atoms with E-state index in [-0.39, 0.29) is 29.5 Å². The van der Waals surface area contributed by atoms with Gasteiger partial charge in [0.05, 0.1) is 18.3 Å². The molecule has 2 aromatic carbocycles. The van der Waals surface area contributed by atoms with E-state index in [4.69, 9.17) is 0 Å². The summed E-state index contributed by atoms with van der Waals surface area (Å²) in [6.45, 7) is 5.86. The van der Waals surface area contributed by atoms with Crippen LogP contribution in [0.3, 0.4) is 0 Å². The molecule has 6 heteroatoms. The molecule has 0 aromatic heterocycles. The summed E-state index contributed by atoms with van der Waals surface area (Å²) in [5, 5.41) is 15.7. The summed E-state index contributed by atoms with van der Waals surface area (Å²) in [7, 11) is 0. The first-order valence-electron chi connectivity index (χ1n) is 10.7. The summed E-state index contributed by atoms with van der Waals surface area (Å²) in [6, 6.07) is 15.0. The van der Waals surface area contributed by atoms with Gasteiger partial charge in [-0.25, -0.2) is 0 Å². The lowest BCUT2D eigenvalue weighted by atomic mass is 9.95. The molecule has 3 rings (SSSR count). The Morgan fingerprint density at radius 3 is 2.40 bits per heavy atom. The Bertz CT molecular complexity index is 858. The zero-order valence-electron chi connectivity index (χ0n) is 17.7. The molecule has 0 spiro atoms. The van der Waals surface area contributed by atoms with Gasteiger partial charge in [-0.15, -0.1) is 0 Å². The molecule has 0 saturated carbocycles. The number of phenolic OH excluding ortho intramolecular Hbond substituents is 1. The van der Waals surface area contributed by atoms with Crippen LogP contribution >= 0.6 is 0 Å². The Balaban J connectivity index is 1.43. The Hall–Kier alpha value is -2.86. The van der Waals surface area contributed by atoms with Crippen molar-refractivity contribution in [2.75, 3.05) is 25.0 Å². The number of amides is 2. The van der Waals surface area contributed by atoms with Gasteiger partial charge in [0.1, 0.15) is 5.75 Å². The molecule has 0 unspecified atom stereocenters. The minimum atomic E-state index is -0.111.